The van der Waals surface area contributed by atoms with Crippen LogP contribution < -0.4 is 5.73 Å². The van der Waals surface area contributed by atoms with Crippen LogP contribution in [0.4, 0.5) is 0 Å². The second-order valence-electron chi connectivity index (χ2n) is 6.63. The molecule has 110 valence electrons. The first-order valence-corrected chi connectivity index (χ1v) is 8.33. The lowest BCUT2D eigenvalue weighted by molar-refractivity contribution is 0.0106. The van der Waals surface area contributed by atoms with Crippen molar-refractivity contribution in [3.8, 4) is 0 Å². The molecule has 0 aromatic heterocycles. The molecular formula is C18H28N2. The molecule has 0 radical (unpaired) electrons. The second-order valence-corrected chi connectivity index (χ2v) is 6.63. The highest BCUT2D eigenvalue weighted by atomic mass is 15.2. The van der Waals surface area contributed by atoms with Crippen molar-refractivity contribution in [3.05, 3.63) is 35.4 Å². The fourth-order valence-corrected chi connectivity index (χ4v) is 4.37. The number of fused-ring (bicyclic) bond motifs is 1. The fraction of sp³-hybridized carbons (Fsp3) is 0.667. The summed E-state index contributed by atoms with van der Waals surface area (Å²) in [5.41, 5.74) is 9.59. The highest BCUT2D eigenvalue weighted by molar-refractivity contribution is 5.32. The Hall–Kier alpha value is -0.860. The van der Waals surface area contributed by atoms with Gasteiger partial charge >= 0.3 is 0 Å². The Morgan fingerprint density at radius 1 is 1.25 bits per heavy atom. The first-order valence-electron chi connectivity index (χ1n) is 8.33. The van der Waals surface area contributed by atoms with Gasteiger partial charge in [-0.05, 0) is 56.2 Å². The number of piperidine rings is 1. The summed E-state index contributed by atoms with van der Waals surface area (Å²) < 4.78 is 0. The molecule has 2 unspecified atom stereocenters. The predicted octanol–water partition coefficient (Wildman–Crippen LogP) is 3.14. The van der Waals surface area contributed by atoms with Crippen LogP contribution in [0.1, 0.15) is 50.2 Å². The van der Waals surface area contributed by atoms with E-state index >= 15 is 0 Å². The van der Waals surface area contributed by atoms with Gasteiger partial charge in [-0.25, -0.2) is 0 Å². The standard InChI is InChI=1S/C18H28N2/c1-2-17-9-5-6-12-20(17)18(14-19)11-10-15-7-3-4-8-16(15)13-18/h3-4,7-8,17H,2,5-6,9-14,19H2,1H3. The van der Waals surface area contributed by atoms with E-state index in [0.717, 1.165) is 19.0 Å². The molecule has 0 bridgehead atoms. The molecule has 1 aromatic rings. The van der Waals surface area contributed by atoms with Gasteiger partial charge in [0, 0.05) is 18.1 Å². The number of aryl methyl sites for hydroxylation is 1. The maximum atomic E-state index is 6.30. The third-order valence-corrected chi connectivity index (χ3v) is 5.59. The van der Waals surface area contributed by atoms with Gasteiger partial charge in [0.15, 0.2) is 0 Å². The van der Waals surface area contributed by atoms with Crippen LogP contribution in [0.2, 0.25) is 0 Å². The molecule has 1 saturated heterocycles. The Kier molecular flexibility index (Phi) is 4.13. The normalized spacial score (nSPS) is 31.0. The van der Waals surface area contributed by atoms with Crippen molar-refractivity contribution in [2.75, 3.05) is 13.1 Å². The zero-order valence-electron chi connectivity index (χ0n) is 12.8. The summed E-state index contributed by atoms with van der Waals surface area (Å²) >= 11 is 0. The minimum atomic E-state index is 0.218. The molecule has 1 fully saturated rings. The van der Waals surface area contributed by atoms with E-state index in [0.29, 0.717) is 0 Å². The summed E-state index contributed by atoms with van der Waals surface area (Å²) in [5.74, 6) is 0. The Bertz CT molecular complexity index is 456. The number of benzene rings is 1. The molecular weight excluding hydrogens is 244 g/mol. The number of nitrogens with two attached hydrogens (primary N) is 1. The molecule has 1 aliphatic heterocycles. The van der Waals surface area contributed by atoms with E-state index in [1.54, 1.807) is 5.56 Å². The largest absolute Gasteiger partial charge is 0.329 e. The van der Waals surface area contributed by atoms with Crippen molar-refractivity contribution in [1.82, 2.24) is 4.90 Å². The van der Waals surface area contributed by atoms with Gasteiger partial charge in [0.2, 0.25) is 0 Å². The van der Waals surface area contributed by atoms with Gasteiger partial charge in [0.1, 0.15) is 0 Å². The second kappa shape index (κ2) is 5.87. The molecule has 2 heteroatoms. The molecule has 2 nitrogen and oxygen atoms in total. The quantitative estimate of drug-likeness (QED) is 0.916. The maximum Gasteiger partial charge on any atom is 0.0378 e. The van der Waals surface area contributed by atoms with Gasteiger partial charge in [0.25, 0.3) is 0 Å². The number of hydrogen-bond acceptors (Lipinski definition) is 2. The topological polar surface area (TPSA) is 29.3 Å². The van der Waals surface area contributed by atoms with Gasteiger partial charge < -0.3 is 5.73 Å². The maximum absolute atomic E-state index is 6.30. The smallest absolute Gasteiger partial charge is 0.0378 e. The van der Waals surface area contributed by atoms with E-state index < -0.39 is 0 Å². The molecule has 1 aliphatic carbocycles. The van der Waals surface area contributed by atoms with E-state index in [2.05, 4.69) is 36.1 Å². The lowest BCUT2D eigenvalue weighted by atomic mass is 9.75. The van der Waals surface area contributed by atoms with E-state index in [4.69, 9.17) is 5.73 Å². The first kappa shape index (κ1) is 14.1. The first-order chi connectivity index (χ1) is 9.79. The van der Waals surface area contributed by atoms with Crippen molar-refractivity contribution in [2.24, 2.45) is 5.73 Å². The van der Waals surface area contributed by atoms with Crippen molar-refractivity contribution in [2.45, 2.75) is 63.5 Å². The molecule has 3 rings (SSSR count). The highest BCUT2D eigenvalue weighted by Crippen LogP contribution is 2.37. The van der Waals surface area contributed by atoms with Gasteiger partial charge in [-0.3, -0.25) is 4.90 Å². The number of likely N-dealkylation sites (tertiary alicyclic amines) is 1. The molecule has 0 spiro atoms. The molecule has 0 saturated carbocycles. The third-order valence-electron chi connectivity index (χ3n) is 5.59. The van der Waals surface area contributed by atoms with Crippen LogP contribution in [0.3, 0.4) is 0 Å². The Morgan fingerprint density at radius 3 is 2.80 bits per heavy atom. The third kappa shape index (κ3) is 2.40. The monoisotopic (exact) mass is 272 g/mol. The average molecular weight is 272 g/mol. The van der Waals surface area contributed by atoms with Crippen molar-refractivity contribution >= 4 is 0 Å². The zero-order chi connectivity index (χ0) is 14.0. The summed E-state index contributed by atoms with van der Waals surface area (Å²) in [7, 11) is 0. The molecule has 1 aromatic carbocycles. The van der Waals surface area contributed by atoms with Crippen LogP contribution in [-0.2, 0) is 12.8 Å². The summed E-state index contributed by atoms with van der Waals surface area (Å²) in [6, 6.07) is 9.70. The van der Waals surface area contributed by atoms with Crippen LogP contribution in [0.25, 0.3) is 0 Å². The molecule has 2 aliphatic rings. The minimum Gasteiger partial charge on any atom is -0.329 e. The molecule has 2 atom stereocenters. The van der Waals surface area contributed by atoms with E-state index in [-0.39, 0.29) is 5.54 Å². The van der Waals surface area contributed by atoms with Gasteiger partial charge in [-0.1, -0.05) is 37.6 Å². The predicted molar refractivity (Wildman–Crippen MR) is 84.9 cm³/mol. The zero-order valence-corrected chi connectivity index (χ0v) is 12.8. The molecule has 20 heavy (non-hydrogen) atoms. The van der Waals surface area contributed by atoms with Crippen LogP contribution >= 0.6 is 0 Å². The number of rotatable bonds is 3. The SMILES string of the molecule is CCC1CCCCN1C1(CN)CCc2ccccc2C1. The summed E-state index contributed by atoms with van der Waals surface area (Å²) in [5, 5.41) is 0. The van der Waals surface area contributed by atoms with Crippen LogP contribution in [0, 0.1) is 0 Å². The Balaban J connectivity index is 1.88. The Labute approximate surface area is 123 Å². The number of hydrogen-bond donors (Lipinski definition) is 1. The van der Waals surface area contributed by atoms with Crippen LogP contribution in [0.15, 0.2) is 24.3 Å². The van der Waals surface area contributed by atoms with Crippen LogP contribution in [-0.4, -0.2) is 29.6 Å². The van der Waals surface area contributed by atoms with Gasteiger partial charge in [-0.2, -0.15) is 0 Å². The van der Waals surface area contributed by atoms with Gasteiger partial charge in [0.05, 0.1) is 0 Å². The lowest BCUT2D eigenvalue weighted by Gasteiger charge is -2.51. The summed E-state index contributed by atoms with van der Waals surface area (Å²) in [6.07, 6.45) is 8.95. The van der Waals surface area contributed by atoms with E-state index in [1.165, 1.54) is 50.6 Å². The summed E-state index contributed by atoms with van der Waals surface area (Å²) in [6.45, 7) is 4.39. The molecule has 1 heterocycles. The average Bonchev–Trinajstić information content (AvgIpc) is 2.54. The van der Waals surface area contributed by atoms with Gasteiger partial charge in [-0.15, -0.1) is 0 Å². The highest BCUT2D eigenvalue weighted by Gasteiger charge is 2.41. The summed E-state index contributed by atoms with van der Waals surface area (Å²) in [4.78, 5) is 2.78. The van der Waals surface area contributed by atoms with E-state index in [1.807, 2.05) is 0 Å². The van der Waals surface area contributed by atoms with Crippen molar-refractivity contribution < 1.29 is 0 Å². The van der Waals surface area contributed by atoms with Crippen molar-refractivity contribution in [3.63, 3.8) is 0 Å². The minimum absolute atomic E-state index is 0.218. The van der Waals surface area contributed by atoms with Crippen LogP contribution in [0.5, 0.6) is 0 Å². The Morgan fingerprint density at radius 2 is 2.05 bits per heavy atom. The lowest BCUT2D eigenvalue weighted by Crippen LogP contribution is -2.61. The molecule has 2 N–H and O–H groups in total. The molecule has 0 amide bonds. The fourth-order valence-electron chi connectivity index (χ4n) is 4.37. The van der Waals surface area contributed by atoms with Crippen molar-refractivity contribution in [1.29, 1.82) is 0 Å². The number of nitrogens with zero attached hydrogens (tertiary/aromatic N) is 1. The van der Waals surface area contributed by atoms with E-state index in [9.17, 15) is 0 Å².